The van der Waals surface area contributed by atoms with Gasteiger partial charge in [0.15, 0.2) is 0 Å². The number of hydrogen-bond acceptors (Lipinski definition) is 4. The van der Waals surface area contributed by atoms with Crippen LogP contribution >= 0.6 is 0 Å². The molecule has 1 amide bonds. The van der Waals surface area contributed by atoms with E-state index >= 15 is 0 Å². The van der Waals surface area contributed by atoms with Gasteiger partial charge in [0.25, 0.3) is 0 Å². The van der Waals surface area contributed by atoms with E-state index in [2.05, 4.69) is 16.3 Å². The average molecular weight is 592 g/mol. The first-order valence-corrected chi connectivity index (χ1v) is 14.6. The van der Waals surface area contributed by atoms with E-state index in [4.69, 9.17) is 0 Å². The number of carbonyl (C=O) groups excluding carboxylic acids is 1. The van der Waals surface area contributed by atoms with Crippen molar-refractivity contribution in [1.82, 2.24) is 14.9 Å². The molecule has 40 heavy (non-hydrogen) atoms. The second-order valence-electron chi connectivity index (χ2n) is 10.3. The van der Waals surface area contributed by atoms with E-state index in [0.29, 0.717) is 12.5 Å². The molecule has 2 aromatic carbocycles. The van der Waals surface area contributed by atoms with Crippen molar-refractivity contribution in [2.75, 3.05) is 13.1 Å². The fraction of sp³-hybridized carbons (Fsp3) is 0.519. The molecule has 1 aliphatic carbocycles. The number of alkyl halides is 6. The molecule has 0 radical (unpaired) electrons. The van der Waals surface area contributed by atoms with E-state index in [1.807, 2.05) is 12.1 Å². The largest absolute Gasteiger partial charge is 0.416 e. The Morgan fingerprint density at radius 1 is 0.975 bits per heavy atom. The highest BCUT2D eigenvalue weighted by Gasteiger charge is 2.44. The summed E-state index contributed by atoms with van der Waals surface area (Å²) in [6, 6.07) is 4.94. The van der Waals surface area contributed by atoms with Gasteiger partial charge in [-0.1, -0.05) is 30.7 Å². The molecule has 13 heteroatoms. The van der Waals surface area contributed by atoms with Gasteiger partial charge in [-0.25, -0.2) is 8.42 Å². The topological polar surface area (TPSA) is 78.5 Å². The van der Waals surface area contributed by atoms with Crippen LogP contribution in [0, 0.1) is 0 Å². The SMILES string of the molecule is O=C(CC(NS(=O)(=O)c1cccc(C(F)(F)F)c1)C(F)(F)F)N[C@H]1CCCc2cc(CN3CCCCC3)ccc21. The lowest BCUT2D eigenvalue weighted by atomic mass is 9.86. The summed E-state index contributed by atoms with van der Waals surface area (Å²) < 4.78 is 107. The minimum atomic E-state index is -5.17. The van der Waals surface area contributed by atoms with Gasteiger partial charge in [-0.15, -0.1) is 0 Å². The van der Waals surface area contributed by atoms with Crippen molar-refractivity contribution in [3.8, 4) is 0 Å². The summed E-state index contributed by atoms with van der Waals surface area (Å²) in [6.07, 6.45) is -5.77. The summed E-state index contributed by atoms with van der Waals surface area (Å²) in [7, 11) is -5.02. The zero-order valence-electron chi connectivity index (χ0n) is 21.6. The zero-order valence-corrected chi connectivity index (χ0v) is 22.4. The predicted octanol–water partition coefficient (Wildman–Crippen LogP) is 5.48. The number of likely N-dealkylation sites (tertiary alicyclic amines) is 1. The highest BCUT2D eigenvalue weighted by molar-refractivity contribution is 7.89. The van der Waals surface area contributed by atoms with Gasteiger partial charge in [0, 0.05) is 6.54 Å². The van der Waals surface area contributed by atoms with Crippen LogP contribution in [0.1, 0.15) is 66.8 Å². The maximum Gasteiger partial charge on any atom is 0.416 e. The quantitative estimate of drug-likeness (QED) is 0.399. The molecule has 1 aliphatic heterocycles. The number of carbonyl (C=O) groups is 1. The number of benzene rings is 2. The first-order valence-electron chi connectivity index (χ1n) is 13.1. The first-order chi connectivity index (χ1) is 18.7. The highest BCUT2D eigenvalue weighted by atomic mass is 32.2. The maximum absolute atomic E-state index is 13.8. The number of hydrogen-bond donors (Lipinski definition) is 2. The van der Waals surface area contributed by atoms with Crippen molar-refractivity contribution in [2.24, 2.45) is 0 Å². The monoisotopic (exact) mass is 591 g/mol. The Labute approximate surface area is 229 Å². The van der Waals surface area contributed by atoms with Crippen molar-refractivity contribution in [3.05, 3.63) is 64.7 Å². The van der Waals surface area contributed by atoms with Gasteiger partial charge in [-0.3, -0.25) is 9.69 Å². The van der Waals surface area contributed by atoms with Gasteiger partial charge in [0.1, 0.15) is 6.04 Å². The lowest BCUT2D eigenvalue weighted by molar-refractivity contribution is -0.158. The number of aryl methyl sites for hydroxylation is 1. The van der Waals surface area contributed by atoms with Crippen LogP contribution in [0.4, 0.5) is 26.3 Å². The summed E-state index contributed by atoms with van der Waals surface area (Å²) in [5, 5.41) is 2.60. The van der Waals surface area contributed by atoms with E-state index in [1.165, 1.54) is 11.1 Å². The molecular formula is C27H31F6N3O3S. The van der Waals surface area contributed by atoms with Crippen LogP contribution in [0.3, 0.4) is 0 Å². The summed E-state index contributed by atoms with van der Waals surface area (Å²) in [4.78, 5) is 14.1. The number of halogens is 6. The standard InChI is InChI=1S/C27H31F6N3O3S/c28-26(29,30)20-7-5-8-21(15-20)40(38,39)35-24(27(31,32)33)16-25(37)34-23-9-4-6-19-14-18(10-11-22(19)23)17-36-12-2-1-3-13-36/h5,7-8,10-11,14-15,23-24,35H,1-4,6,9,12-13,16-17H2,(H,34,37)/t23-,24?/m0/s1. The molecule has 1 heterocycles. The van der Waals surface area contributed by atoms with Crippen molar-refractivity contribution < 1.29 is 39.6 Å². The Morgan fingerprint density at radius 3 is 2.38 bits per heavy atom. The third-order valence-electron chi connectivity index (χ3n) is 7.27. The fourth-order valence-corrected chi connectivity index (χ4v) is 6.52. The van der Waals surface area contributed by atoms with Crippen LogP contribution in [0.25, 0.3) is 0 Å². The zero-order chi connectivity index (χ0) is 29.1. The second-order valence-corrected chi connectivity index (χ2v) is 12.0. The van der Waals surface area contributed by atoms with E-state index in [0.717, 1.165) is 74.1 Å². The highest BCUT2D eigenvalue weighted by Crippen LogP contribution is 2.33. The number of amides is 1. The maximum atomic E-state index is 13.8. The minimum Gasteiger partial charge on any atom is -0.349 e. The normalized spacial score (nSPS) is 19.6. The number of nitrogens with zero attached hydrogens (tertiary/aromatic N) is 1. The molecule has 0 aromatic heterocycles. The van der Waals surface area contributed by atoms with Gasteiger partial charge in [0.2, 0.25) is 15.9 Å². The lowest BCUT2D eigenvalue weighted by Crippen LogP contribution is -2.48. The van der Waals surface area contributed by atoms with E-state index < -0.39 is 57.2 Å². The Morgan fingerprint density at radius 2 is 1.70 bits per heavy atom. The Hall–Kier alpha value is -2.64. The van der Waals surface area contributed by atoms with Crippen molar-refractivity contribution >= 4 is 15.9 Å². The molecule has 1 fully saturated rings. The van der Waals surface area contributed by atoms with Crippen LogP contribution in [-0.4, -0.2) is 44.5 Å². The summed E-state index contributed by atoms with van der Waals surface area (Å²) >= 11 is 0. The van der Waals surface area contributed by atoms with E-state index in [9.17, 15) is 39.6 Å². The third kappa shape index (κ3) is 7.76. The molecule has 2 atom stereocenters. The summed E-state index contributed by atoms with van der Waals surface area (Å²) in [5.41, 5.74) is 1.64. The Balaban J connectivity index is 1.44. The number of piperidine rings is 1. The third-order valence-corrected chi connectivity index (χ3v) is 8.73. The minimum absolute atomic E-state index is 0.244. The van der Waals surface area contributed by atoms with Crippen LogP contribution in [0.15, 0.2) is 47.4 Å². The first kappa shape index (κ1) is 30.3. The molecule has 0 saturated carbocycles. The molecule has 0 bridgehead atoms. The van der Waals surface area contributed by atoms with Crippen molar-refractivity contribution in [3.63, 3.8) is 0 Å². The van der Waals surface area contributed by atoms with Crippen molar-refractivity contribution in [1.29, 1.82) is 0 Å². The molecule has 0 spiro atoms. The van der Waals surface area contributed by atoms with E-state index in [1.54, 1.807) is 0 Å². The molecule has 2 aliphatic rings. The van der Waals surface area contributed by atoms with Crippen LogP contribution < -0.4 is 10.0 Å². The average Bonchev–Trinajstić information content (AvgIpc) is 2.88. The molecule has 220 valence electrons. The van der Waals surface area contributed by atoms with Crippen LogP contribution in [-0.2, 0) is 34.0 Å². The number of fused-ring (bicyclic) bond motifs is 1. The van der Waals surface area contributed by atoms with Crippen LogP contribution in [0.5, 0.6) is 0 Å². The molecular weight excluding hydrogens is 560 g/mol. The number of nitrogens with one attached hydrogen (secondary N) is 2. The van der Waals surface area contributed by atoms with Gasteiger partial charge < -0.3 is 5.32 Å². The smallest absolute Gasteiger partial charge is 0.349 e. The second kappa shape index (κ2) is 12.1. The summed E-state index contributed by atoms with van der Waals surface area (Å²) in [5.74, 6) is -1.02. The molecule has 2 aromatic rings. The van der Waals surface area contributed by atoms with Crippen LogP contribution in [0.2, 0.25) is 0 Å². The number of rotatable bonds is 8. The molecule has 2 N–H and O–H groups in total. The van der Waals surface area contributed by atoms with E-state index in [-0.39, 0.29) is 6.07 Å². The van der Waals surface area contributed by atoms with Gasteiger partial charge in [-0.2, -0.15) is 31.1 Å². The van der Waals surface area contributed by atoms with Gasteiger partial charge in [-0.05, 0) is 80.1 Å². The van der Waals surface area contributed by atoms with Gasteiger partial charge in [0.05, 0.1) is 22.9 Å². The summed E-state index contributed by atoms with van der Waals surface area (Å²) in [6.45, 7) is 2.88. The lowest BCUT2D eigenvalue weighted by Gasteiger charge is -2.30. The number of sulfonamides is 1. The fourth-order valence-electron chi connectivity index (χ4n) is 5.25. The Kier molecular flexibility index (Phi) is 9.15. The molecule has 1 saturated heterocycles. The Bertz CT molecular complexity index is 1310. The molecule has 4 rings (SSSR count). The van der Waals surface area contributed by atoms with Gasteiger partial charge >= 0.3 is 12.4 Å². The predicted molar refractivity (Wildman–Crippen MR) is 136 cm³/mol. The molecule has 6 nitrogen and oxygen atoms in total. The molecule has 1 unspecified atom stereocenters. The van der Waals surface area contributed by atoms with Crippen molar-refractivity contribution in [2.45, 2.75) is 80.8 Å².